The van der Waals surface area contributed by atoms with Crippen LogP contribution in [0.5, 0.6) is 0 Å². The van der Waals surface area contributed by atoms with Gasteiger partial charge >= 0.3 is 0 Å². The van der Waals surface area contributed by atoms with E-state index in [9.17, 15) is 0 Å². The van der Waals surface area contributed by atoms with Crippen molar-refractivity contribution in [3.8, 4) is 0 Å². The highest BCUT2D eigenvalue weighted by Gasteiger charge is 2.11. The molecule has 1 aromatic carbocycles. The van der Waals surface area contributed by atoms with Crippen LogP contribution in [-0.2, 0) is 0 Å². The summed E-state index contributed by atoms with van der Waals surface area (Å²) in [6.45, 7) is 0. The lowest BCUT2D eigenvalue weighted by Gasteiger charge is -2.05. The van der Waals surface area contributed by atoms with E-state index in [-0.39, 0.29) is 0 Å². The standard InChI is InChI=1S/C12H6BrClN4S/c13-9-10(14)16-6-18-12(9)19-11-7-3-1-2-4-8(7)15-5-17-11/h1-6H. The normalized spacial score (nSPS) is 10.8. The monoisotopic (exact) mass is 352 g/mol. The minimum absolute atomic E-state index is 0.385. The molecule has 0 bridgehead atoms. The first-order chi connectivity index (χ1) is 9.25. The minimum Gasteiger partial charge on any atom is -0.236 e. The highest BCUT2D eigenvalue weighted by Crippen LogP contribution is 2.35. The third-order valence-corrected chi connectivity index (χ3v) is 4.96. The van der Waals surface area contributed by atoms with E-state index in [1.54, 1.807) is 6.33 Å². The van der Waals surface area contributed by atoms with Gasteiger partial charge in [-0.3, -0.25) is 0 Å². The summed E-state index contributed by atoms with van der Waals surface area (Å²) in [5, 5.41) is 2.93. The van der Waals surface area contributed by atoms with Crippen molar-refractivity contribution in [1.29, 1.82) is 0 Å². The molecule has 0 fully saturated rings. The Morgan fingerprint density at radius 3 is 2.58 bits per heavy atom. The summed E-state index contributed by atoms with van der Waals surface area (Å²) in [5.74, 6) is 0. The molecular formula is C12H6BrClN4S. The molecule has 0 atom stereocenters. The van der Waals surface area contributed by atoms with Crippen molar-refractivity contribution in [2.45, 2.75) is 10.1 Å². The van der Waals surface area contributed by atoms with Crippen molar-refractivity contribution in [2.24, 2.45) is 0 Å². The Labute approximate surface area is 126 Å². The highest BCUT2D eigenvalue weighted by molar-refractivity contribution is 9.10. The van der Waals surface area contributed by atoms with E-state index in [0.717, 1.165) is 21.0 Å². The molecular weight excluding hydrogens is 348 g/mol. The van der Waals surface area contributed by atoms with Crippen LogP contribution >= 0.6 is 39.3 Å². The molecule has 0 N–H and O–H groups in total. The van der Waals surface area contributed by atoms with Gasteiger partial charge in [0.25, 0.3) is 0 Å². The Kier molecular flexibility index (Phi) is 3.63. The Balaban J connectivity index is 2.09. The number of aromatic nitrogens is 4. The second-order valence-electron chi connectivity index (χ2n) is 3.58. The summed E-state index contributed by atoms with van der Waals surface area (Å²) >= 11 is 10.8. The largest absolute Gasteiger partial charge is 0.236 e. The van der Waals surface area contributed by atoms with E-state index in [1.165, 1.54) is 18.1 Å². The van der Waals surface area contributed by atoms with Gasteiger partial charge in [-0.1, -0.05) is 29.8 Å². The Morgan fingerprint density at radius 1 is 0.947 bits per heavy atom. The summed E-state index contributed by atoms with van der Waals surface area (Å²) in [7, 11) is 0. The molecule has 0 radical (unpaired) electrons. The zero-order valence-electron chi connectivity index (χ0n) is 9.42. The van der Waals surface area contributed by atoms with Crippen molar-refractivity contribution in [3.63, 3.8) is 0 Å². The molecule has 0 aliphatic rings. The molecule has 7 heteroatoms. The second-order valence-corrected chi connectivity index (χ2v) is 5.71. The zero-order chi connectivity index (χ0) is 13.2. The van der Waals surface area contributed by atoms with Crippen LogP contribution in [0.25, 0.3) is 10.9 Å². The van der Waals surface area contributed by atoms with Crippen molar-refractivity contribution in [3.05, 3.63) is 46.5 Å². The van der Waals surface area contributed by atoms with Crippen LogP contribution < -0.4 is 0 Å². The summed E-state index contributed by atoms with van der Waals surface area (Å²) in [6, 6.07) is 7.83. The van der Waals surface area contributed by atoms with Crippen LogP contribution in [0.4, 0.5) is 0 Å². The van der Waals surface area contributed by atoms with Crippen LogP contribution in [0.15, 0.2) is 51.4 Å². The van der Waals surface area contributed by atoms with Gasteiger partial charge in [-0.15, -0.1) is 0 Å². The van der Waals surface area contributed by atoms with Gasteiger partial charge in [0.05, 0.1) is 9.99 Å². The van der Waals surface area contributed by atoms with Gasteiger partial charge in [0.15, 0.2) is 0 Å². The molecule has 0 spiro atoms. The van der Waals surface area contributed by atoms with E-state index in [1.807, 2.05) is 24.3 Å². The average molecular weight is 354 g/mol. The number of rotatable bonds is 2. The molecule has 0 saturated heterocycles. The Morgan fingerprint density at radius 2 is 1.68 bits per heavy atom. The van der Waals surface area contributed by atoms with E-state index in [4.69, 9.17) is 11.6 Å². The summed E-state index contributed by atoms with van der Waals surface area (Å²) in [5.41, 5.74) is 0.899. The van der Waals surface area contributed by atoms with Crippen molar-refractivity contribution < 1.29 is 0 Å². The summed E-state index contributed by atoms with van der Waals surface area (Å²) in [4.78, 5) is 16.6. The molecule has 0 saturated carbocycles. The fraction of sp³-hybridized carbons (Fsp3) is 0. The first kappa shape index (κ1) is 12.8. The van der Waals surface area contributed by atoms with Crippen molar-refractivity contribution in [2.75, 3.05) is 0 Å². The first-order valence-corrected chi connectivity index (χ1v) is 7.28. The smallest absolute Gasteiger partial charge is 0.147 e. The maximum atomic E-state index is 5.95. The molecule has 0 aliphatic heterocycles. The topological polar surface area (TPSA) is 51.6 Å². The lowest BCUT2D eigenvalue weighted by molar-refractivity contribution is 1.02. The van der Waals surface area contributed by atoms with E-state index in [0.29, 0.717) is 9.63 Å². The predicted octanol–water partition coefficient (Wildman–Crippen LogP) is 3.99. The molecule has 3 rings (SSSR count). The second kappa shape index (κ2) is 5.40. The average Bonchev–Trinajstić information content (AvgIpc) is 2.44. The van der Waals surface area contributed by atoms with Crippen LogP contribution in [0, 0.1) is 0 Å². The molecule has 0 unspecified atom stereocenters. The van der Waals surface area contributed by atoms with Gasteiger partial charge < -0.3 is 0 Å². The molecule has 4 nitrogen and oxygen atoms in total. The van der Waals surface area contributed by atoms with E-state index in [2.05, 4.69) is 35.9 Å². The lowest BCUT2D eigenvalue weighted by atomic mass is 10.2. The van der Waals surface area contributed by atoms with Crippen molar-refractivity contribution >= 4 is 50.2 Å². The quantitative estimate of drug-likeness (QED) is 0.652. The van der Waals surface area contributed by atoms with Gasteiger partial charge in [0.1, 0.15) is 27.9 Å². The van der Waals surface area contributed by atoms with Crippen LogP contribution in [0.2, 0.25) is 5.15 Å². The summed E-state index contributed by atoms with van der Waals surface area (Å²) < 4.78 is 0.671. The summed E-state index contributed by atoms with van der Waals surface area (Å²) in [6.07, 6.45) is 2.97. The van der Waals surface area contributed by atoms with Gasteiger partial charge in [-0.05, 0) is 33.8 Å². The number of nitrogens with zero attached hydrogens (tertiary/aromatic N) is 4. The number of hydrogen-bond acceptors (Lipinski definition) is 5. The number of benzene rings is 1. The maximum Gasteiger partial charge on any atom is 0.147 e. The van der Waals surface area contributed by atoms with Gasteiger partial charge in [-0.25, -0.2) is 19.9 Å². The SMILES string of the molecule is Clc1ncnc(Sc2ncnc3ccccc23)c1Br. The maximum absolute atomic E-state index is 5.95. The Hall–Kier alpha value is -1.24. The minimum atomic E-state index is 0.385. The molecule has 94 valence electrons. The molecule has 2 aromatic heterocycles. The number of halogens is 2. The molecule has 0 aliphatic carbocycles. The molecule has 0 amide bonds. The Bertz CT molecular complexity index is 747. The molecule has 3 aromatic rings. The van der Waals surface area contributed by atoms with Crippen LogP contribution in [-0.4, -0.2) is 19.9 Å². The highest BCUT2D eigenvalue weighted by atomic mass is 79.9. The fourth-order valence-electron chi connectivity index (χ4n) is 1.56. The van der Waals surface area contributed by atoms with E-state index < -0.39 is 0 Å². The van der Waals surface area contributed by atoms with Gasteiger partial charge in [-0.2, -0.15) is 0 Å². The van der Waals surface area contributed by atoms with Crippen LogP contribution in [0.1, 0.15) is 0 Å². The number of fused-ring (bicyclic) bond motifs is 1. The molecule has 2 heterocycles. The first-order valence-electron chi connectivity index (χ1n) is 5.29. The van der Waals surface area contributed by atoms with Crippen molar-refractivity contribution in [1.82, 2.24) is 19.9 Å². The zero-order valence-corrected chi connectivity index (χ0v) is 12.6. The third kappa shape index (κ3) is 2.56. The third-order valence-electron chi connectivity index (χ3n) is 2.41. The van der Waals surface area contributed by atoms with Gasteiger partial charge in [0, 0.05) is 5.39 Å². The number of hydrogen-bond donors (Lipinski definition) is 0. The van der Waals surface area contributed by atoms with Crippen LogP contribution in [0.3, 0.4) is 0 Å². The lowest BCUT2D eigenvalue weighted by Crippen LogP contribution is -1.90. The predicted molar refractivity (Wildman–Crippen MR) is 78.4 cm³/mol. The van der Waals surface area contributed by atoms with E-state index >= 15 is 0 Å². The fourth-order valence-corrected chi connectivity index (χ4v) is 3.05. The van der Waals surface area contributed by atoms with Gasteiger partial charge in [0.2, 0.25) is 0 Å². The molecule has 19 heavy (non-hydrogen) atoms. The number of para-hydroxylation sites is 1.